The van der Waals surface area contributed by atoms with Crippen LogP contribution in [0.3, 0.4) is 0 Å². The smallest absolute Gasteiger partial charge is 0.408 e. The van der Waals surface area contributed by atoms with Crippen molar-refractivity contribution in [2.75, 3.05) is 26.2 Å². The maximum Gasteiger partial charge on any atom is 0.408 e. The molecular weight excluding hydrogens is 977 g/mol. The third kappa shape index (κ3) is 22.1. The summed E-state index contributed by atoms with van der Waals surface area (Å²) in [6.45, 7) is 19.3. The van der Waals surface area contributed by atoms with Gasteiger partial charge >= 0.3 is 24.4 Å². The quantitative estimate of drug-likeness (QED) is 0.0769. The van der Waals surface area contributed by atoms with Crippen LogP contribution in [0.5, 0.6) is 11.5 Å². The number of aliphatic hydroxyl groups excluding tert-OH is 1. The van der Waals surface area contributed by atoms with Gasteiger partial charge in [-0.05, 0) is 162 Å². The molecule has 2 aromatic carbocycles. The molecule has 4 bridgehead atoms. The summed E-state index contributed by atoms with van der Waals surface area (Å²) in [5.74, 6) is -3.58. The largest absolute Gasteiger partial charge is 0.508 e. The summed E-state index contributed by atoms with van der Waals surface area (Å²) in [7, 11) is 0. The third-order valence-electron chi connectivity index (χ3n) is 11.2. The Bertz CT molecular complexity index is 2330. The summed E-state index contributed by atoms with van der Waals surface area (Å²) in [4.78, 5) is 108. The number of nitrogens with one attached hydrogen (secondary N) is 7. The average Bonchev–Trinajstić information content (AvgIpc) is 3.26. The summed E-state index contributed by atoms with van der Waals surface area (Å²) in [5, 5.41) is 60.6. The highest BCUT2D eigenvalue weighted by molar-refractivity contribution is 5.94. The molecular formula is C52H80N8O15. The Labute approximate surface area is 438 Å². The van der Waals surface area contributed by atoms with Crippen LogP contribution in [-0.2, 0) is 46.2 Å². The van der Waals surface area contributed by atoms with Crippen molar-refractivity contribution in [2.45, 2.75) is 181 Å². The van der Waals surface area contributed by atoms with E-state index >= 15 is 0 Å². The molecule has 11 N–H and O–H groups in total. The van der Waals surface area contributed by atoms with Crippen LogP contribution in [0, 0.1) is 0 Å². The van der Waals surface area contributed by atoms with Crippen LogP contribution < -0.4 is 37.2 Å². The van der Waals surface area contributed by atoms with Crippen molar-refractivity contribution in [2.24, 2.45) is 0 Å². The van der Waals surface area contributed by atoms with Crippen molar-refractivity contribution >= 4 is 48.0 Å². The van der Waals surface area contributed by atoms with Gasteiger partial charge in [0.05, 0.1) is 12.6 Å². The Morgan fingerprint density at radius 1 is 0.680 bits per heavy atom. The predicted octanol–water partition coefficient (Wildman–Crippen LogP) is 4.47. The summed E-state index contributed by atoms with van der Waals surface area (Å²) in [6, 6.07) is 2.82. The second kappa shape index (κ2) is 27.0. The monoisotopic (exact) mass is 1060 g/mol. The molecule has 3 rings (SSSR count). The Kier molecular flexibility index (Phi) is 22.4. The number of aliphatic hydroxyl groups is 1. The van der Waals surface area contributed by atoms with E-state index in [1.54, 1.807) is 107 Å². The van der Waals surface area contributed by atoms with E-state index in [4.69, 9.17) is 14.2 Å². The highest BCUT2D eigenvalue weighted by Gasteiger charge is 2.34. The second-order valence-corrected chi connectivity index (χ2v) is 22.4. The minimum atomic E-state index is -1.42. The first kappa shape index (κ1) is 62.3. The molecule has 0 unspecified atom stereocenters. The lowest BCUT2D eigenvalue weighted by Gasteiger charge is -2.34. The van der Waals surface area contributed by atoms with Crippen LogP contribution in [0.25, 0.3) is 11.1 Å². The maximum absolute atomic E-state index is 14.5. The van der Waals surface area contributed by atoms with E-state index in [0.717, 1.165) is 0 Å². The van der Waals surface area contributed by atoms with Crippen molar-refractivity contribution in [3.63, 3.8) is 0 Å². The molecule has 23 heteroatoms. The Balaban J connectivity index is 1.99. The van der Waals surface area contributed by atoms with Gasteiger partial charge in [-0.25, -0.2) is 19.2 Å². The lowest BCUT2D eigenvalue weighted by atomic mass is 9.95. The standard InChI is InChI=1S/C52H80N8O15/c1-49(2,3)60(48(71)72)24-21-34(29-61)55-42(65)36(58-46(69)74-51(7,8)9)16-13-22-53-41(64)37-27-32-25-30(17-19-39(32)62)31-18-20-40(63)33(26-31)28-38(59-47(70)75-52(10,11)12)44(67)56-35(43(66)57-37)15-14-23-54-45(68)73-50(4,5)6/h17-20,25-26,34-38,61-63H,13-16,21-24,27-29H2,1-12H3,(H,53,64)(H,54,68)(H,55,65)(H,56,67)(H,57,66)(H,58,69)(H,59,70)(H,71,72)/t34-,35-,36-,37-,38-/m0/s1. The van der Waals surface area contributed by atoms with Gasteiger partial charge in [0, 0.05) is 38.0 Å². The minimum Gasteiger partial charge on any atom is -0.508 e. The van der Waals surface area contributed by atoms with Gasteiger partial charge < -0.3 is 76.8 Å². The van der Waals surface area contributed by atoms with Crippen LogP contribution >= 0.6 is 0 Å². The van der Waals surface area contributed by atoms with Crippen LogP contribution in [0.4, 0.5) is 19.2 Å². The molecule has 0 spiro atoms. The average molecular weight is 1060 g/mol. The van der Waals surface area contributed by atoms with E-state index in [0.29, 0.717) is 11.1 Å². The van der Waals surface area contributed by atoms with Crippen LogP contribution in [0.15, 0.2) is 36.4 Å². The number of rotatable bonds is 17. The molecule has 1 aliphatic heterocycles. The minimum absolute atomic E-state index is 0.00236. The van der Waals surface area contributed by atoms with Crippen molar-refractivity contribution < 1.29 is 73.0 Å². The fourth-order valence-electron chi connectivity index (χ4n) is 7.66. The zero-order chi connectivity index (χ0) is 56.6. The number of hydrogen-bond donors (Lipinski definition) is 11. The first-order valence-electron chi connectivity index (χ1n) is 25.0. The van der Waals surface area contributed by atoms with E-state index in [1.165, 1.54) is 17.0 Å². The molecule has 2 aromatic rings. The number of hydrogen-bond acceptors (Lipinski definition) is 14. The summed E-state index contributed by atoms with van der Waals surface area (Å²) in [5.41, 5.74) is -1.94. The van der Waals surface area contributed by atoms with Crippen LogP contribution in [0.1, 0.15) is 126 Å². The zero-order valence-corrected chi connectivity index (χ0v) is 45.4. The summed E-state index contributed by atoms with van der Waals surface area (Å²) >= 11 is 0. The Morgan fingerprint density at radius 2 is 1.21 bits per heavy atom. The van der Waals surface area contributed by atoms with Crippen molar-refractivity contribution in [3.05, 3.63) is 47.5 Å². The number of phenolic OH excluding ortho intramolecular Hbond substituents is 2. The van der Waals surface area contributed by atoms with Gasteiger partial charge in [0.2, 0.25) is 23.6 Å². The number of phenols is 2. The maximum atomic E-state index is 14.5. The fourth-order valence-corrected chi connectivity index (χ4v) is 7.66. The van der Waals surface area contributed by atoms with Gasteiger partial charge in [0.15, 0.2) is 0 Å². The molecule has 23 nitrogen and oxygen atoms in total. The number of carbonyl (C=O) groups is 8. The highest BCUT2D eigenvalue weighted by Crippen LogP contribution is 2.31. The normalized spacial score (nSPS) is 17.2. The molecule has 0 saturated heterocycles. The molecule has 418 valence electrons. The molecule has 1 aliphatic rings. The number of benzene rings is 2. The van der Waals surface area contributed by atoms with Crippen molar-refractivity contribution in [1.29, 1.82) is 0 Å². The molecule has 75 heavy (non-hydrogen) atoms. The molecule has 0 aliphatic carbocycles. The number of carbonyl (C=O) groups excluding carboxylic acids is 7. The van der Waals surface area contributed by atoms with Gasteiger partial charge in [0.1, 0.15) is 52.5 Å². The number of ether oxygens (including phenoxy) is 3. The Morgan fingerprint density at radius 3 is 1.75 bits per heavy atom. The SMILES string of the molecule is CC(C)(C)OC(=O)NCCC[C@@H]1NC(=O)[C@@H](NC(=O)OC(C)(C)C)Cc2cc(ccc2O)-c2ccc(O)c(c2)C[C@@H](C(=O)NCCC[C@H](NC(=O)OC(C)(C)C)C(=O)N[C@H](CO)CCN(C(=O)O)C(C)(C)C)NC1=O. The molecule has 5 atom stereocenters. The number of amides is 8. The van der Waals surface area contributed by atoms with E-state index < -0.39 is 107 Å². The number of carboxylic acid groups (broad SMARTS) is 1. The first-order chi connectivity index (χ1) is 34.6. The molecule has 1 heterocycles. The molecule has 0 radical (unpaired) electrons. The van der Waals surface area contributed by atoms with Gasteiger partial charge in [0.25, 0.3) is 0 Å². The Hall–Kier alpha value is -7.04. The number of fused-ring (bicyclic) bond motifs is 5. The lowest BCUT2D eigenvalue weighted by molar-refractivity contribution is -0.132. The van der Waals surface area contributed by atoms with Crippen molar-refractivity contribution in [1.82, 2.24) is 42.1 Å². The topological polar surface area (TPSA) is 333 Å². The first-order valence-corrected chi connectivity index (χ1v) is 25.0. The fraction of sp³-hybridized carbons (Fsp3) is 0.615. The predicted molar refractivity (Wildman–Crippen MR) is 277 cm³/mol. The highest BCUT2D eigenvalue weighted by atomic mass is 16.6. The van der Waals surface area contributed by atoms with E-state index in [-0.39, 0.29) is 87.2 Å². The van der Waals surface area contributed by atoms with Gasteiger partial charge in [-0.2, -0.15) is 0 Å². The summed E-state index contributed by atoms with van der Waals surface area (Å²) in [6.07, 6.45) is -4.32. The van der Waals surface area contributed by atoms with E-state index in [1.807, 2.05) is 0 Å². The number of aromatic hydroxyl groups is 2. The van der Waals surface area contributed by atoms with E-state index in [9.17, 15) is 58.8 Å². The number of alkyl carbamates (subject to hydrolysis) is 3. The molecule has 0 aromatic heterocycles. The lowest BCUT2D eigenvalue weighted by Crippen LogP contribution is -2.57. The zero-order valence-electron chi connectivity index (χ0n) is 45.4. The second-order valence-electron chi connectivity index (χ2n) is 22.4. The third-order valence-corrected chi connectivity index (χ3v) is 11.2. The molecule has 0 saturated carbocycles. The van der Waals surface area contributed by atoms with Gasteiger partial charge in [-0.3, -0.25) is 19.2 Å². The summed E-state index contributed by atoms with van der Waals surface area (Å²) < 4.78 is 16.2. The molecule has 8 amide bonds. The van der Waals surface area contributed by atoms with E-state index in [2.05, 4.69) is 37.2 Å². The van der Waals surface area contributed by atoms with Crippen molar-refractivity contribution in [3.8, 4) is 22.6 Å². The van der Waals surface area contributed by atoms with Crippen LogP contribution in [-0.4, -0.2) is 152 Å². The number of nitrogens with zero attached hydrogens (tertiary/aromatic N) is 1. The van der Waals surface area contributed by atoms with Crippen LogP contribution in [0.2, 0.25) is 0 Å². The molecule has 0 fully saturated rings. The van der Waals surface area contributed by atoms with Gasteiger partial charge in [-0.15, -0.1) is 0 Å². The van der Waals surface area contributed by atoms with Gasteiger partial charge in [-0.1, -0.05) is 12.1 Å².